The Kier molecular flexibility index (Phi) is 2.40. The van der Waals surface area contributed by atoms with E-state index in [1.807, 2.05) is 6.20 Å². The highest BCUT2D eigenvalue weighted by molar-refractivity contribution is 5.48. The maximum atomic E-state index is 5.39. The number of aryl methyl sites for hydroxylation is 1. The molecule has 0 radical (unpaired) electrons. The summed E-state index contributed by atoms with van der Waals surface area (Å²) in [5.41, 5.74) is 2.48. The van der Waals surface area contributed by atoms with Crippen LogP contribution in [-0.2, 0) is 4.74 Å². The van der Waals surface area contributed by atoms with Crippen LogP contribution in [0.3, 0.4) is 0 Å². The number of aromatic nitrogens is 2. The third-order valence-corrected chi connectivity index (χ3v) is 3.30. The molecule has 1 aliphatic rings. The van der Waals surface area contributed by atoms with Crippen molar-refractivity contribution in [2.45, 2.75) is 25.7 Å². The third kappa shape index (κ3) is 1.61. The van der Waals surface area contributed by atoms with Gasteiger partial charge in [-0.1, -0.05) is 0 Å². The molecule has 3 nitrogen and oxygen atoms in total. The van der Waals surface area contributed by atoms with Crippen LogP contribution < -0.4 is 0 Å². The molecule has 3 heteroatoms. The van der Waals surface area contributed by atoms with Crippen molar-refractivity contribution in [3.63, 3.8) is 0 Å². The average molecular weight is 216 g/mol. The van der Waals surface area contributed by atoms with Crippen molar-refractivity contribution in [1.29, 1.82) is 0 Å². The maximum absolute atomic E-state index is 5.39. The van der Waals surface area contributed by atoms with Crippen molar-refractivity contribution in [2.75, 3.05) is 13.2 Å². The summed E-state index contributed by atoms with van der Waals surface area (Å²) in [5, 5.41) is 0. The first-order valence-electron chi connectivity index (χ1n) is 5.86. The molecular formula is C13H16N2O. The summed E-state index contributed by atoms with van der Waals surface area (Å²) in [7, 11) is 0. The molecule has 0 saturated carbocycles. The van der Waals surface area contributed by atoms with Gasteiger partial charge in [0.25, 0.3) is 0 Å². The molecule has 3 heterocycles. The van der Waals surface area contributed by atoms with Crippen molar-refractivity contribution >= 4 is 5.52 Å². The lowest BCUT2D eigenvalue weighted by atomic mass is 9.99. The van der Waals surface area contributed by atoms with E-state index in [4.69, 9.17) is 4.74 Å². The van der Waals surface area contributed by atoms with E-state index in [-0.39, 0.29) is 0 Å². The Labute approximate surface area is 95.1 Å². The summed E-state index contributed by atoms with van der Waals surface area (Å²) in [4.78, 5) is 4.57. The Balaban J connectivity index is 2.03. The number of imidazole rings is 1. The molecule has 0 N–H and O–H groups in total. The monoisotopic (exact) mass is 216 g/mol. The molecule has 0 atom stereocenters. The molecule has 16 heavy (non-hydrogen) atoms. The zero-order valence-corrected chi connectivity index (χ0v) is 9.52. The van der Waals surface area contributed by atoms with E-state index < -0.39 is 0 Å². The smallest absolute Gasteiger partial charge is 0.116 e. The summed E-state index contributed by atoms with van der Waals surface area (Å²) in [5.74, 6) is 1.75. The fourth-order valence-corrected chi connectivity index (χ4v) is 2.39. The van der Waals surface area contributed by atoms with Gasteiger partial charge in [0.05, 0.1) is 11.7 Å². The lowest BCUT2D eigenvalue weighted by molar-refractivity contribution is 0.0835. The first-order chi connectivity index (χ1) is 7.84. The van der Waals surface area contributed by atoms with Crippen LogP contribution in [0.2, 0.25) is 0 Å². The Morgan fingerprint density at radius 1 is 1.38 bits per heavy atom. The fourth-order valence-electron chi connectivity index (χ4n) is 2.39. The normalized spacial score (nSPS) is 18.1. The van der Waals surface area contributed by atoms with Gasteiger partial charge in [0.15, 0.2) is 0 Å². The lowest BCUT2D eigenvalue weighted by Gasteiger charge is -2.20. The second-order valence-electron chi connectivity index (χ2n) is 4.50. The molecule has 0 spiro atoms. The van der Waals surface area contributed by atoms with Crippen LogP contribution in [-0.4, -0.2) is 22.6 Å². The predicted octanol–water partition coefficient (Wildman–Crippen LogP) is 2.54. The van der Waals surface area contributed by atoms with Crippen molar-refractivity contribution in [3.05, 3.63) is 35.9 Å². The standard InChI is InChI=1S/C13H16N2O/c1-10-2-5-15-12(8-10)9-14-13(15)11-3-6-16-7-4-11/h2,5,8-9,11H,3-4,6-7H2,1H3. The highest BCUT2D eigenvalue weighted by Gasteiger charge is 2.19. The number of ether oxygens (including phenoxy) is 1. The molecule has 0 unspecified atom stereocenters. The van der Waals surface area contributed by atoms with Gasteiger partial charge < -0.3 is 9.14 Å². The molecular weight excluding hydrogens is 200 g/mol. The van der Waals surface area contributed by atoms with Crippen LogP contribution in [0.5, 0.6) is 0 Å². The van der Waals surface area contributed by atoms with Gasteiger partial charge in [0.1, 0.15) is 5.82 Å². The zero-order chi connectivity index (χ0) is 11.0. The zero-order valence-electron chi connectivity index (χ0n) is 9.52. The van der Waals surface area contributed by atoms with E-state index in [9.17, 15) is 0 Å². The summed E-state index contributed by atoms with van der Waals surface area (Å²) in [6.07, 6.45) is 6.28. The minimum atomic E-state index is 0.555. The molecule has 3 rings (SSSR count). The SMILES string of the molecule is Cc1ccn2c(C3CCOCC3)ncc2c1. The van der Waals surface area contributed by atoms with E-state index in [0.29, 0.717) is 5.92 Å². The quantitative estimate of drug-likeness (QED) is 0.732. The van der Waals surface area contributed by atoms with Gasteiger partial charge in [-0.05, 0) is 37.5 Å². The number of hydrogen-bond donors (Lipinski definition) is 0. The van der Waals surface area contributed by atoms with E-state index in [0.717, 1.165) is 26.1 Å². The second kappa shape index (κ2) is 3.91. The van der Waals surface area contributed by atoms with E-state index in [1.165, 1.54) is 16.9 Å². The van der Waals surface area contributed by atoms with Crippen molar-refractivity contribution in [2.24, 2.45) is 0 Å². The Morgan fingerprint density at radius 3 is 3.00 bits per heavy atom. The van der Waals surface area contributed by atoms with Crippen molar-refractivity contribution in [1.82, 2.24) is 9.38 Å². The number of nitrogens with zero attached hydrogens (tertiary/aromatic N) is 2. The minimum Gasteiger partial charge on any atom is -0.381 e. The summed E-state index contributed by atoms with van der Waals surface area (Å²) in [6.45, 7) is 3.85. The highest BCUT2D eigenvalue weighted by atomic mass is 16.5. The summed E-state index contributed by atoms with van der Waals surface area (Å²) >= 11 is 0. The second-order valence-corrected chi connectivity index (χ2v) is 4.50. The highest BCUT2D eigenvalue weighted by Crippen LogP contribution is 2.26. The van der Waals surface area contributed by atoms with Crippen LogP contribution in [0.1, 0.15) is 30.1 Å². The fraction of sp³-hybridized carbons (Fsp3) is 0.462. The number of fused-ring (bicyclic) bond motifs is 1. The number of hydrogen-bond acceptors (Lipinski definition) is 2. The van der Waals surface area contributed by atoms with Gasteiger partial charge in [-0.25, -0.2) is 4.98 Å². The predicted molar refractivity (Wildman–Crippen MR) is 62.7 cm³/mol. The van der Waals surface area contributed by atoms with Crippen LogP contribution in [0.25, 0.3) is 5.52 Å². The molecule has 1 saturated heterocycles. The van der Waals surface area contributed by atoms with Gasteiger partial charge in [-0.2, -0.15) is 0 Å². The largest absolute Gasteiger partial charge is 0.381 e. The number of rotatable bonds is 1. The van der Waals surface area contributed by atoms with Gasteiger partial charge in [-0.3, -0.25) is 0 Å². The maximum Gasteiger partial charge on any atom is 0.116 e. The molecule has 0 aromatic carbocycles. The average Bonchev–Trinajstić information content (AvgIpc) is 2.73. The minimum absolute atomic E-state index is 0.555. The van der Waals surface area contributed by atoms with Gasteiger partial charge in [-0.15, -0.1) is 0 Å². The van der Waals surface area contributed by atoms with E-state index in [2.05, 4.69) is 34.6 Å². The first-order valence-corrected chi connectivity index (χ1v) is 5.86. The molecule has 0 amide bonds. The lowest BCUT2D eigenvalue weighted by Crippen LogP contribution is -2.16. The first kappa shape index (κ1) is 9.85. The van der Waals surface area contributed by atoms with Crippen molar-refractivity contribution < 1.29 is 4.74 Å². The molecule has 2 aromatic heterocycles. The Bertz CT molecular complexity index is 498. The van der Waals surface area contributed by atoms with Gasteiger partial charge in [0.2, 0.25) is 0 Å². The molecule has 0 bridgehead atoms. The molecule has 2 aromatic rings. The van der Waals surface area contributed by atoms with Crippen LogP contribution in [0.15, 0.2) is 24.5 Å². The van der Waals surface area contributed by atoms with Crippen molar-refractivity contribution in [3.8, 4) is 0 Å². The van der Waals surface area contributed by atoms with Crippen LogP contribution in [0.4, 0.5) is 0 Å². The van der Waals surface area contributed by atoms with Gasteiger partial charge >= 0.3 is 0 Å². The molecule has 0 aliphatic carbocycles. The molecule has 1 aliphatic heterocycles. The van der Waals surface area contributed by atoms with Crippen LogP contribution >= 0.6 is 0 Å². The summed E-state index contributed by atoms with van der Waals surface area (Å²) < 4.78 is 7.60. The van der Waals surface area contributed by atoms with E-state index >= 15 is 0 Å². The van der Waals surface area contributed by atoms with Crippen LogP contribution in [0, 0.1) is 6.92 Å². The third-order valence-electron chi connectivity index (χ3n) is 3.30. The number of pyridine rings is 1. The Hall–Kier alpha value is -1.35. The van der Waals surface area contributed by atoms with Gasteiger partial charge in [0, 0.05) is 25.3 Å². The van der Waals surface area contributed by atoms with E-state index in [1.54, 1.807) is 0 Å². The topological polar surface area (TPSA) is 26.5 Å². The summed E-state index contributed by atoms with van der Waals surface area (Å²) in [6, 6.07) is 4.31. The molecule has 1 fully saturated rings. The molecule has 84 valence electrons. The Morgan fingerprint density at radius 2 is 2.19 bits per heavy atom.